The summed E-state index contributed by atoms with van der Waals surface area (Å²) in [6.07, 6.45) is 5.66. The molecule has 3 N–H and O–H groups in total. The first-order valence-electron chi connectivity index (χ1n) is 11.4. The fourth-order valence-electron chi connectivity index (χ4n) is 4.57. The summed E-state index contributed by atoms with van der Waals surface area (Å²) >= 11 is 0. The highest BCUT2D eigenvalue weighted by Crippen LogP contribution is 2.36. The third-order valence-corrected chi connectivity index (χ3v) is 6.36. The Morgan fingerprint density at radius 2 is 1.97 bits per heavy atom. The monoisotopic (exact) mass is 478 g/mol. The Labute approximate surface area is 200 Å². The highest BCUT2D eigenvalue weighted by molar-refractivity contribution is 5.98. The number of ether oxygens (including phenoxy) is 1. The maximum absolute atomic E-state index is 15.1. The Hall–Kier alpha value is -4.08. The van der Waals surface area contributed by atoms with Crippen LogP contribution in [-0.4, -0.2) is 32.8 Å². The van der Waals surface area contributed by atoms with Crippen molar-refractivity contribution in [2.24, 2.45) is 0 Å². The number of nitrogens with zero attached hydrogens (tertiary/aromatic N) is 4. The van der Waals surface area contributed by atoms with Gasteiger partial charge in [-0.25, -0.2) is 23.4 Å². The number of halogens is 2. The van der Waals surface area contributed by atoms with E-state index in [-0.39, 0.29) is 35.3 Å². The molecule has 10 heteroatoms. The minimum atomic E-state index is -0.573. The highest BCUT2D eigenvalue weighted by Gasteiger charge is 2.25. The molecule has 1 aliphatic carbocycles. The third-order valence-electron chi connectivity index (χ3n) is 6.36. The van der Waals surface area contributed by atoms with Crippen LogP contribution in [0.3, 0.4) is 0 Å². The van der Waals surface area contributed by atoms with Crippen molar-refractivity contribution in [2.75, 3.05) is 12.8 Å². The Kier molecular flexibility index (Phi) is 6.02. The van der Waals surface area contributed by atoms with Gasteiger partial charge in [-0.2, -0.15) is 5.10 Å². The fourth-order valence-corrected chi connectivity index (χ4v) is 4.57. The van der Waals surface area contributed by atoms with Gasteiger partial charge in [0.15, 0.2) is 5.65 Å². The molecule has 1 aliphatic rings. The molecule has 0 radical (unpaired) electrons. The quantitative estimate of drug-likeness (QED) is 0.425. The van der Waals surface area contributed by atoms with Crippen LogP contribution < -0.4 is 15.8 Å². The normalized spacial score (nSPS) is 13.9. The van der Waals surface area contributed by atoms with Gasteiger partial charge in [-0.3, -0.25) is 4.79 Å². The van der Waals surface area contributed by atoms with E-state index in [0.717, 1.165) is 31.7 Å². The van der Waals surface area contributed by atoms with Gasteiger partial charge in [0.1, 0.15) is 35.2 Å². The summed E-state index contributed by atoms with van der Waals surface area (Å²) in [5.74, 6) is -1.15. The molecule has 2 aromatic carbocycles. The number of hydrogen-bond donors (Lipinski definition) is 2. The van der Waals surface area contributed by atoms with Gasteiger partial charge >= 0.3 is 0 Å². The number of nitrogens with one attached hydrogen (secondary N) is 1. The fraction of sp³-hybridized carbons (Fsp3) is 0.280. The molecule has 0 saturated heterocycles. The van der Waals surface area contributed by atoms with E-state index >= 15 is 4.39 Å². The molecule has 4 aromatic rings. The van der Waals surface area contributed by atoms with E-state index in [1.54, 1.807) is 12.1 Å². The molecule has 0 aliphatic heterocycles. The second kappa shape index (κ2) is 9.28. The Morgan fingerprint density at radius 3 is 2.71 bits per heavy atom. The van der Waals surface area contributed by atoms with Crippen molar-refractivity contribution < 1.29 is 18.3 Å². The number of rotatable bonds is 6. The number of amides is 1. The van der Waals surface area contributed by atoms with Crippen molar-refractivity contribution in [3.05, 3.63) is 65.5 Å². The Bertz CT molecular complexity index is 1410. The minimum Gasteiger partial charge on any atom is -0.496 e. The molecule has 5 rings (SSSR count). The van der Waals surface area contributed by atoms with E-state index < -0.39 is 17.5 Å². The minimum absolute atomic E-state index is 0.0314. The summed E-state index contributed by atoms with van der Waals surface area (Å²) in [4.78, 5) is 21.0. The van der Waals surface area contributed by atoms with E-state index in [0.29, 0.717) is 22.3 Å². The predicted molar refractivity (Wildman–Crippen MR) is 127 cm³/mol. The summed E-state index contributed by atoms with van der Waals surface area (Å²) in [5.41, 5.74) is 8.15. The number of nitrogen functional groups attached to an aromatic ring is 1. The zero-order valence-corrected chi connectivity index (χ0v) is 19.1. The average Bonchev–Trinajstić information content (AvgIpc) is 3.52. The maximum Gasteiger partial charge on any atom is 0.255 e. The SMILES string of the molecule is COc1ccc(F)cc1C(=O)NCc1ccc(-c2nn(C3CCCC3)c3ncnc(N)c23)cc1F. The van der Waals surface area contributed by atoms with Crippen LogP contribution in [0, 0.1) is 11.6 Å². The molecule has 1 fully saturated rings. The third kappa shape index (κ3) is 4.27. The van der Waals surface area contributed by atoms with E-state index in [2.05, 4.69) is 15.3 Å². The van der Waals surface area contributed by atoms with Crippen LogP contribution in [0.15, 0.2) is 42.7 Å². The van der Waals surface area contributed by atoms with Crippen molar-refractivity contribution in [1.29, 1.82) is 0 Å². The van der Waals surface area contributed by atoms with E-state index in [4.69, 9.17) is 15.6 Å². The molecule has 0 atom stereocenters. The van der Waals surface area contributed by atoms with E-state index in [1.165, 1.54) is 31.6 Å². The number of anilines is 1. The molecule has 0 unspecified atom stereocenters. The Morgan fingerprint density at radius 1 is 1.17 bits per heavy atom. The number of benzene rings is 2. The largest absolute Gasteiger partial charge is 0.496 e. The topological polar surface area (TPSA) is 108 Å². The number of nitrogens with two attached hydrogens (primary N) is 1. The van der Waals surface area contributed by atoms with Crippen LogP contribution in [0.2, 0.25) is 0 Å². The van der Waals surface area contributed by atoms with Crippen LogP contribution in [-0.2, 0) is 6.54 Å². The number of methoxy groups -OCH3 is 1. The highest BCUT2D eigenvalue weighted by atomic mass is 19.1. The van der Waals surface area contributed by atoms with Gasteiger partial charge in [0.2, 0.25) is 0 Å². The van der Waals surface area contributed by atoms with Crippen LogP contribution in [0.25, 0.3) is 22.3 Å². The lowest BCUT2D eigenvalue weighted by molar-refractivity contribution is 0.0947. The summed E-state index contributed by atoms with van der Waals surface area (Å²) in [5, 5.41) is 7.97. The number of hydrogen-bond acceptors (Lipinski definition) is 6. The van der Waals surface area contributed by atoms with Crippen molar-refractivity contribution in [3.63, 3.8) is 0 Å². The average molecular weight is 479 g/mol. The number of carbonyl (C=O) groups is 1. The molecule has 0 spiro atoms. The molecular formula is C25H24F2N6O2. The first-order chi connectivity index (χ1) is 17.0. The lowest BCUT2D eigenvalue weighted by Gasteiger charge is -2.11. The molecule has 1 saturated carbocycles. The predicted octanol–water partition coefficient (Wildman–Crippen LogP) is 4.41. The molecule has 8 nitrogen and oxygen atoms in total. The molecule has 1 amide bonds. The molecule has 2 heterocycles. The lowest BCUT2D eigenvalue weighted by Crippen LogP contribution is -2.24. The summed E-state index contributed by atoms with van der Waals surface area (Å²) in [6.45, 7) is -0.0902. The first-order valence-corrected chi connectivity index (χ1v) is 11.4. The zero-order valence-electron chi connectivity index (χ0n) is 19.1. The lowest BCUT2D eigenvalue weighted by atomic mass is 10.1. The van der Waals surface area contributed by atoms with Gasteiger partial charge in [0, 0.05) is 17.7 Å². The van der Waals surface area contributed by atoms with Gasteiger partial charge in [0.05, 0.1) is 24.1 Å². The van der Waals surface area contributed by atoms with Crippen LogP contribution >= 0.6 is 0 Å². The van der Waals surface area contributed by atoms with Gasteiger partial charge in [-0.05, 0) is 37.1 Å². The standard InChI is InChI=1S/C25H24F2N6O2/c1-35-20-9-8-16(26)11-18(20)25(34)29-12-15-7-6-14(10-19(15)27)22-21-23(28)30-13-31-24(21)33(32-22)17-4-2-3-5-17/h6-11,13,17H,2-5,12H2,1H3,(H,29,34)(H2,28,30,31). The van der Waals surface area contributed by atoms with Crippen molar-refractivity contribution in [1.82, 2.24) is 25.1 Å². The summed E-state index contributed by atoms with van der Waals surface area (Å²) in [6, 6.07) is 8.52. The molecule has 180 valence electrons. The van der Waals surface area contributed by atoms with Gasteiger partial charge < -0.3 is 15.8 Å². The summed E-state index contributed by atoms with van der Waals surface area (Å²) in [7, 11) is 1.39. The second-order valence-electron chi connectivity index (χ2n) is 8.52. The van der Waals surface area contributed by atoms with Crippen molar-refractivity contribution in [2.45, 2.75) is 38.3 Å². The van der Waals surface area contributed by atoms with Crippen molar-refractivity contribution >= 4 is 22.8 Å². The smallest absolute Gasteiger partial charge is 0.255 e. The number of carbonyl (C=O) groups excluding carboxylic acids is 1. The van der Waals surface area contributed by atoms with Crippen LogP contribution in [0.5, 0.6) is 5.75 Å². The molecular weight excluding hydrogens is 454 g/mol. The second-order valence-corrected chi connectivity index (χ2v) is 8.52. The van der Waals surface area contributed by atoms with E-state index in [9.17, 15) is 9.18 Å². The summed E-state index contributed by atoms with van der Waals surface area (Å²) < 4.78 is 35.7. The van der Waals surface area contributed by atoms with E-state index in [1.807, 2.05) is 4.68 Å². The maximum atomic E-state index is 15.1. The zero-order chi connectivity index (χ0) is 24.5. The van der Waals surface area contributed by atoms with Gasteiger partial charge in [0.25, 0.3) is 5.91 Å². The molecule has 2 aromatic heterocycles. The van der Waals surface area contributed by atoms with Crippen molar-refractivity contribution in [3.8, 4) is 17.0 Å². The Balaban J connectivity index is 1.42. The van der Waals surface area contributed by atoms with Crippen LogP contribution in [0.1, 0.15) is 47.6 Å². The van der Waals surface area contributed by atoms with Crippen LogP contribution in [0.4, 0.5) is 14.6 Å². The number of fused-ring (bicyclic) bond motifs is 1. The molecule has 35 heavy (non-hydrogen) atoms. The first kappa shape index (κ1) is 22.7. The molecule has 0 bridgehead atoms. The van der Waals surface area contributed by atoms with Gasteiger partial charge in [-0.1, -0.05) is 25.0 Å². The van der Waals surface area contributed by atoms with Gasteiger partial charge in [-0.15, -0.1) is 0 Å². The number of aromatic nitrogens is 4.